The van der Waals surface area contributed by atoms with E-state index < -0.39 is 0 Å². The fourth-order valence-corrected chi connectivity index (χ4v) is 1.92. The smallest absolute Gasteiger partial charge is 0.164 e. The summed E-state index contributed by atoms with van der Waals surface area (Å²) in [6.45, 7) is 5.65. The SMILES string of the molecule is CCn1ncnc1COc1ccc(CNCCOC)cc1. The fourth-order valence-electron chi connectivity index (χ4n) is 1.92. The first-order valence-corrected chi connectivity index (χ1v) is 7.11. The second kappa shape index (κ2) is 8.39. The van der Waals surface area contributed by atoms with Crippen molar-refractivity contribution in [1.82, 2.24) is 20.1 Å². The molecule has 6 nitrogen and oxygen atoms in total. The predicted molar refractivity (Wildman–Crippen MR) is 80.1 cm³/mol. The summed E-state index contributed by atoms with van der Waals surface area (Å²) in [7, 11) is 1.70. The molecule has 0 fully saturated rings. The second-order valence-corrected chi connectivity index (χ2v) is 4.59. The molecule has 0 aliphatic heterocycles. The third-order valence-electron chi connectivity index (χ3n) is 3.10. The van der Waals surface area contributed by atoms with Crippen LogP contribution in [0.4, 0.5) is 0 Å². The van der Waals surface area contributed by atoms with Crippen LogP contribution in [0, 0.1) is 0 Å². The van der Waals surface area contributed by atoms with E-state index in [1.807, 2.05) is 23.7 Å². The first-order valence-electron chi connectivity index (χ1n) is 7.11. The van der Waals surface area contributed by atoms with E-state index in [1.54, 1.807) is 13.4 Å². The maximum absolute atomic E-state index is 5.73. The van der Waals surface area contributed by atoms with Gasteiger partial charge in [-0.15, -0.1) is 0 Å². The monoisotopic (exact) mass is 290 g/mol. The van der Waals surface area contributed by atoms with Gasteiger partial charge in [0, 0.05) is 26.7 Å². The van der Waals surface area contributed by atoms with E-state index in [1.165, 1.54) is 5.56 Å². The molecule has 0 atom stereocenters. The van der Waals surface area contributed by atoms with Crippen molar-refractivity contribution < 1.29 is 9.47 Å². The van der Waals surface area contributed by atoms with E-state index in [9.17, 15) is 0 Å². The van der Waals surface area contributed by atoms with Gasteiger partial charge >= 0.3 is 0 Å². The molecule has 2 aromatic rings. The summed E-state index contributed by atoms with van der Waals surface area (Å²) in [5, 5.41) is 7.42. The maximum Gasteiger partial charge on any atom is 0.164 e. The van der Waals surface area contributed by atoms with Crippen LogP contribution >= 0.6 is 0 Å². The molecule has 0 saturated heterocycles. The standard InChI is InChI=1S/C15H22N4O2/c1-3-19-15(17-12-18-19)11-21-14-6-4-13(5-7-14)10-16-8-9-20-2/h4-7,12,16H,3,8-11H2,1-2H3. The van der Waals surface area contributed by atoms with Crippen molar-refractivity contribution in [3.8, 4) is 5.75 Å². The van der Waals surface area contributed by atoms with Gasteiger partial charge in [0.25, 0.3) is 0 Å². The number of rotatable bonds is 9. The molecule has 0 spiro atoms. The molecule has 21 heavy (non-hydrogen) atoms. The van der Waals surface area contributed by atoms with Crippen LogP contribution in [0.15, 0.2) is 30.6 Å². The van der Waals surface area contributed by atoms with E-state index in [0.717, 1.165) is 37.8 Å². The highest BCUT2D eigenvalue weighted by atomic mass is 16.5. The zero-order valence-electron chi connectivity index (χ0n) is 12.6. The lowest BCUT2D eigenvalue weighted by Gasteiger charge is -2.08. The Morgan fingerprint density at radius 2 is 2.05 bits per heavy atom. The van der Waals surface area contributed by atoms with Gasteiger partial charge < -0.3 is 14.8 Å². The fraction of sp³-hybridized carbons (Fsp3) is 0.467. The molecule has 1 N–H and O–H groups in total. The van der Waals surface area contributed by atoms with E-state index >= 15 is 0 Å². The Bertz CT molecular complexity index is 525. The highest BCUT2D eigenvalue weighted by Gasteiger charge is 2.03. The molecule has 0 saturated carbocycles. The predicted octanol–water partition coefficient (Wildman–Crippen LogP) is 1.61. The molecule has 0 unspecified atom stereocenters. The maximum atomic E-state index is 5.73. The highest BCUT2D eigenvalue weighted by Crippen LogP contribution is 2.13. The van der Waals surface area contributed by atoms with Crippen LogP contribution in [0.5, 0.6) is 5.75 Å². The summed E-state index contributed by atoms with van der Waals surface area (Å²) in [4.78, 5) is 4.18. The summed E-state index contributed by atoms with van der Waals surface area (Å²) in [5.41, 5.74) is 1.22. The van der Waals surface area contributed by atoms with E-state index in [2.05, 4.69) is 27.5 Å². The molecule has 2 rings (SSSR count). The summed E-state index contributed by atoms with van der Waals surface area (Å²) in [6, 6.07) is 8.05. The number of hydrogen-bond donors (Lipinski definition) is 1. The summed E-state index contributed by atoms with van der Waals surface area (Å²) in [5.74, 6) is 1.67. The van der Waals surface area contributed by atoms with Gasteiger partial charge in [-0.1, -0.05) is 12.1 Å². The van der Waals surface area contributed by atoms with Crippen LogP contribution in [-0.4, -0.2) is 35.0 Å². The normalized spacial score (nSPS) is 10.8. The van der Waals surface area contributed by atoms with Crippen LogP contribution in [0.2, 0.25) is 0 Å². The summed E-state index contributed by atoms with van der Waals surface area (Å²) in [6.07, 6.45) is 1.55. The van der Waals surface area contributed by atoms with Gasteiger partial charge in [-0.3, -0.25) is 0 Å². The van der Waals surface area contributed by atoms with Crippen molar-refractivity contribution in [2.45, 2.75) is 26.6 Å². The van der Waals surface area contributed by atoms with Gasteiger partial charge in [0.05, 0.1) is 6.61 Å². The van der Waals surface area contributed by atoms with Gasteiger partial charge in [-0.25, -0.2) is 9.67 Å². The van der Waals surface area contributed by atoms with Crippen LogP contribution in [-0.2, 0) is 24.4 Å². The molecule has 6 heteroatoms. The van der Waals surface area contributed by atoms with Crippen molar-refractivity contribution in [1.29, 1.82) is 0 Å². The van der Waals surface area contributed by atoms with Crippen molar-refractivity contribution in [3.05, 3.63) is 42.0 Å². The lowest BCUT2D eigenvalue weighted by Crippen LogP contribution is -2.18. The summed E-state index contributed by atoms with van der Waals surface area (Å²) < 4.78 is 12.5. The first kappa shape index (κ1) is 15.5. The Balaban J connectivity index is 1.79. The number of benzene rings is 1. The summed E-state index contributed by atoms with van der Waals surface area (Å²) >= 11 is 0. The molecular formula is C15H22N4O2. The minimum atomic E-state index is 0.430. The Morgan fingerprint density at radius 1 is 1.24 bits per heavy atom. The van der Waals surface area contributed by atoms with Crippen LogP contribution < -0.4 is 10.1 Å². The number of methoxy groups -OCH3 is 1. The van der Waals surface area contributed by atoms with Crippen LogP contribution in [0.3, 0.4) is 0 Å². The lowest BCUT2D eigenvalue weighted by atomic mass is 10.2. The molecule has 1 heterocycles. The van der Waals surface area contributed by atoms with Gasteiger partial charge in [0.2, 0.25) is 0 Å². The van der Waals surface area contributed by atoms with Gasteiger partial charge in [0.1, 0.15) is 18.7 Å². The molecule has 114 valence electrons. The number of nitrogens with one attached hydrogen (secondary N) is 1. The second-order valence-electron chi connectivity index (χ2n) is 4.59. The zero-order chi connectivity index (χ0) is 14.9. The molecule has 0 aliphatic rings. The van der Waals surface area contributed by atoms with Gasteiger partial charge in [-0.05, 0) is 24.6 Å². The van der Waals surface area contributed by atoms with Crippen LogP contribution in [0.1, 0.15) is 18.3 Å². The third-order valence-corrected chi connectivity index (χ3v) is 3.10. The quantitative estimate of drug-likeness (QED) is 0.711. The third kappa shape index (κ3) is 4.84. The van der Waals surface area contributed by atoms with Gasteiger partial charge in [-0.2, -0.15) is 5.10 Å². The topological polar surface area (TPSA) is 61.2 Å². The largest absolute Gasteiger partial charge is 0.486 e. The average molecular weight is 290 g/mol. The molecule has 0 radical (unpaired) electrons. The molecule has 0 amide bonds. The van der Waals surface area contributed by atoms with Gasteiger partial charge in [0.15, 0.2) is 5.82 Å². The minimum Gasteiger partial charge on any atom is -0.486 e. The zero-order valence-corrected chi connectivity index (χ0v) is 12.6. The Hall–Kier alpha value is -1.92. The van der Waals surface area contributed by atoms with Crippen molar-refractivity contribution in [2.75, 3.05) is 20.3 Å². The number of ether oxygens (including phenoxy) is 2. The average Bonchev–Trinajstić information content (AvgIpc) is 2.98. The van der Waals surface area contributed by atoms with E-state index in [0.29, 0.717) is 6.61 Å². The molecule has 1 aromatic carbocycles. The molecule has 1 aromatic heterocycles. The lowest BCUT2D eigenvalue weighted by molar-refractivity contribution is 0.199. The Kier molecular flexibility index (Phi) is 6.18. The Labute approximate surface area is 125 Å². The van der Waals surface area contributed by atoms with E-state index in [4.69, 9.17) is 9.47 Å². The minimum absolute atomic E-state index is 0.430. The van der Waals surface area contributed by atoms with Crippen molar-refractivity contribution >= 4 is 0 Å². The number of nitrogens with zero attached hydrogens (tertiary/aromatic N) is 3. The van der Waals surface area contributed by atoms with Crippen molar-refractivity contribution in [3.63, 3.8) is 0 Å². The number of aryl methyl sites for hydroxylation is 1. The Morgan fingerprint density at radius 3 is 2.76 bits per heavy atom. The highest BCUT2D eigenvalue weighted by molar-refractivity contribution is 5.27. The van der Waals surface area contributed by atoms with Crippen LogP contribution in [0.25, 0.3) is 0 Å². The molecule has 0 aliphatic carbocycles. The van der Waals surface area contributed by atoms with E-state index in [-0.39, 0.29) is 0 Å². The van der Waals surface area contributed by atoms with Crippen molar-refractivity contribution in [2.24, 2.45) is 0 Å². The number of hydrogen-bond acceptors (Lipinski definition) is 5. The molecular weight excluding hydrogens is 268 g/mol. The first-order chi connectivity index (χ1) is 10.3. The number of aromatic nitrogens is 3. The molecule has 0 bridgehead atoms.